The van der Waals surface area contributed by atoms with Crippen LogP contribution in [0.25, 0.3) is 21.8 Å². The van der Waals surface area contributed by atoms with Gasteiger partial charge in [0.1, 0.15) is 11.6 Å². The summed E-state index contributed by atoms with van der Waals surface area (Å²) >= 11 is 0. The second kappa shape index (κ2) is 8.43. The molecule has 5 rings (SSSR count). The molecule has 0 aliphatic rings. The van der Waals surface area contributed by atoms with Gasteiger partial charge in [0.15, 0.2) is 0 Å². The van der Waals surface area contributed by atoms with Crippen molar-refractivity contribution in [3.05, 3.63) is 71.8 Å². The molecule has 34 heavy (non-hydrogen) atoms. The maximum Gasteiger partial charge on any atom is 0.222 e. The second-order valence-corrected chi connectivity index (χ2v) is 7.52. The van der Waals surface area contributed by atoms with Gasteiger partial charge in [-0.25, -0.2) is 9.97 Å². The number of nitrogens with zero attached hydrogens (tertiary/aromatic N) is 6. The van der Waals surface area contributed by atoms with Crippen molar-refractivity contribution in [3.63, 3.8) is 0 Å². The van der Waals surface area contributed by atoms with Crippen molar-refractivity contribution in [2.75, 3.05) is 22.9 Å². The number of nitrogen functional groups attached to an aromatic ring is 4. The highest BCUT2D eigenvalue weighted by Gasteiger charge is 2.05. The topological polar surface area (TPSA) is 180 Å². The normalized spacial score (nSPS) is 11.8. The number of fused-ring (bicyclic) bond motifs is 2. The number of anilines is 4. The lowest BCUT2D eigenvalue weighted by atomic mass is 10.1. The van der Waals surface area contributed by atoms with Gasteiger partial charge < -0.3 is 22.9 Å². The van der Waals surface area contributed by atoms with Gasteiger partial charge in [-0.3, -0.25) is 9.98 Å². The molecule has 10 nitrogen and oxygen atoms in total. The fourth-order valence-corrected chi connectivity index (χ4v) is 3.44. The van der Waals surface area contributed by atoms with E-state index in [2.05, 4.69) is 29.9 Å². The smallest absolute Gasteiger partial charge is 0.222 e. The Labute approximate surface area is 194 Å². The van der Waals surface area contributed by atoms with Gasteiger partial charge in [0.2, 0.25) is 11.9 Å². The van der Waals surface area contributed by atoms with Crippen LogP contribution in [-0.4, -0.2) is 32.4 Å². The Kier molecular flexibility index (Phi) is 5.15. The quantitative estimate of drug-likeness (QED) is 0.302. The molecule has 2 aromatic heterocycles. The highest BCUT2D eigenvalue weighted by Crippen LogP contribution is 2.25. The van der Waals surface area contributed by atoms with Crippen LogP contribution in [-0.2, 0) is 0 Å². The van der Waals surface area contributed by atoms with E-state index in [0.717, 1.165) is 22.5 Å². The summed E-state index contributed by atoms with van der Waals surface area (Å²) in [5, 5.41) is 1.42. The first kappa shape index (κ1) is 20.8. The highest BCUT2D eigenvalue weighted by atomic mass is 15.0. The Morgan fingerprint density at radius 3 is 1.35 bits per heavy atom. The Morgan fingerprint density at radius 1 is 0.529 bits per heavy atom. The molecule has 3 aromatic carbocycles. The zero-order valence-corrected chi connectivity index (χ0v) is 17.9. The molecule has 0 amide bonds. The molecular formula is C24H20N10. The lowest BCUT2D eigenvalue weighted by molar-refractivity contribution is 1.24. The molecule has 0 fully saturated rings. The average Bonchev–Trinajstić information content (AvgIpc) is 2.82. The Morgan fingerprint density at radius 2 is 0.941 bits per heavy atom. The molecule has 0 saturated carbocycles. The molecule has 8 N–H and O–H groups in total. The second-order valence-electron chi connectivity index (χ2n) is 7.52. The maximum atomic E-state index is 5.95. The first-order valence-corrected chi connectivity index (χ1v) is 10.3. The predicted octanol–water partition coefficient (Wildman–Crippen LogP) is 3.40. The minimum absolute atomic E-state index is 0.147. The molecule has 0 bridgehead atoms. The van der Waals surface area contributed by atoms with Crippen molar-refractivity contribution < 1.29 is 0 Å². The third-order valence-electron chi connectivity index (χ3n) is 5.11. The van der Waals surface area contributed by atoms with Gasteiger partial charge in [-0.05, 0) is 47.5 Å². The van der Waals surface area contributed by atoms with Crippen molar-refractivity contribution in [1.29, 1.82) is 0 Å². The van der Waals surface area contributed by atoms with E-state index in [1.165, 1.54) is 0 Å². The minimum atomic E-state index is 0.147. The largest absolute Gasteiger partial charge is 0.383 e. The van der Waals surface area contributed by atoms with Gasteiger partial charge in [0.25, 0.3) is 0 Å². The number of aliphatic imine (C=N–C) groups is 2. The van der Waals surface area contributed by atoms with E-state index >= 15 is 0 Å². The number of hydrogen-bond donors (Lipinski definition) is 4. The van der Waals surface area contributed by atoms with Gasteiger partial charge in [0.05, 0.1) is 22.4 Å². The Balaban J connectivity index is 1.32. The van der Waals surface area contributed by atoms with Crippen molar-refractivity contribution in [2.24, 2.45) is 9.98 Å². The highest BCUT2D eigenvalue weighted by molar-refractivity contribution is 5.93. The minimum Gasteiger partial charge on any atom is -0.383 e. The average molecular weight is 448 g/mol. The first-order chi connectivity index (χ1) is 16.4. The predicted molar refractivity (Wildman–Crippen MR) is 138 cm³/mol. The molecule has 0 saturated heterocycles. The molecule has 0 spiro atoms. The van der Waals surface area contributed by atoms with E-state index in [4.69, 9.17) is 22.9 Å². The van der Waals surface area contributed by atoms with Crippen LogP contribution in [0.3, 0.4) is 0 Å². The molecule has 10 heteroatoms. The van der Waals surface area contributed by atoms with Crippen molar-refractivity contribution in [3.8, 4) is 0 Å². The van der Waals surface area contributed by atoms with Crippen molar-refractivity contribution >= 4 is 69.1 Å². The van der Waals surface area contributed by atoms with Gasteiger partial charge in [0, 0.05) is 23.2 Å². The summed E-state index contributed by atoms with van der Waals surface area (Å²) in [7, 11) is 0. The van der Waals surface area contributed by atoms with Crippen LogP contribution in [0.1, 0.15) is 11.1 Å². The summed E-state index contributed by atoms with van der Waals surface area (Å²) in [6.07, 6.45) is 3.54. The van der Waals surface area contributed by atoms with E-state index in [0.29, 0.717) is 33.4 Å². The summed E-state index contributed by atoms with van der Waals surface area (Å²) < 4.78 is 0. The van der Waals surface area contributed by atoms with Gasteiger partial charge in [-0.15, -0.1) is 0 Å². The molecular weight excluding hydrogens is 428 g/mol. The monoisotopic (exact) mass is 448 g/mol. The van der Waals surface area contributed by atoms with Gasteiger partial charge in [-0.2, -0.15) is 9.97 Å². The number of nitrogens with two attached hydrogens (primary N) is 4. The summed E-state index contributed by atoms with van der Waals surface area (Å²) in [6, 6.07) is 18.8. The third-order valence-corrected chi connectivity index (χ3v) is 5.11. The Bertz CT molecular complexity index is 1470. The summed E-state index contributed by atoms with van der Waals surface area (Å²) in [5.74, 6) is 0.950. The van der Waals surface area contributed by atoms with Crippen LogP contribution in [0.4, 0.5) is 34.9 Å². The van der Waals surface area contributed by atoms with Gasteiger partial charge in [-0.1, -0.05) is 24.3 Å². The molecule has 2 heterocycles. The first-order valence-electron chi connectivity index (χ1n) is 10.3. The van der Waals surface area contributed by atoms with Crippen LogP contribution in [0, 0.1) is 0 Å². The van der Waals surface area contributed by atoms with Gasteiger partial charge >= 0.3 is 0 Å². The number of hydrogen-bond acceptors (Lipinski definition) is 10. The Hall–Kier alpha value is -5.12. The molecule has 0 aliphatic carbocycles. The van der Waals surface area contributed by atoms with E-state index < -0.39 is 0 Å². The number of rotatable bonds is 4. The van der Waals surface area contributed by atoms with Crippen LogP contribution in [0.15, 0.2) is 70.6 Å². The lowest BCUT2D eigenvalue weighted by Crippen LogP contribution is -2.00. The lowest BCUT2D eigenvalue weighted by Gasteiger charge is -2.03. The third kappa shape index (κ3) is 4.28. The summed E-state index contributed by atoms with van der Waals surface area (Å²) in [6.45, 7) is 0. The molecule has 0 unspecified atom stereocenters. The van der Waals surface area contributed by atoms with Crippen LogP contribution >= 0.6 is 0 Å². The van der Waals surface area contributed by atoms with Crippen molar-refractivity contribution in [1.82, 2.24) is 19.9 Å². The standard InChI is InChI=1S/C24H20N10/c25-21-17-9-15(5-7-19(17)31-23(27)33-21)29-11-13-1-2-14(4-3-13)12-30-16-6-8-20-18(10-16)22(26)34-24(28)32-20/h1-12H,(H4,25,27,31,33)(H4,26,28,32,34). The van der Waals surface area contributed by atoms with E-state index in [1.54, 1.807) is 12.4 Å². The van der Waals surface area contributed by atoms with Crippen LogP contribution in [0.5, 0.6) is 0 Å². The van der Waals surface area contributed by atoms with Crippen molar-refractivity contribution in [2.45, 2.75) is 0 Å². The molecule has 5 aromatic rings. The zero-order valence-electron chi connectivity index (χ0n) is 17.9. The number of aromatic nitrogens is 4. The zero-order chi connectivity index (χ0) is 23.7. The van der Waals surface area contributed by atoms with E-state index in [1.807, 2.05) is 60.7 Å². The van der Waals surface area contributed by atoms with E-state index in [-0.39, 0.29) is 11.9 Å². The molecule has 166 valence electrons. The van der Waals surface area contributed by atoms with E-state index in [9.17, 15) is 0 Å². The molecule has 0 radical (unpaired) electrons. The fraction of sp³-hybridized carbons (Fsp3) is 0. The summed E-state index contributed by atoms with van der Waals surface area (Å²) in [4.78, 5) is 25.4. The maximum absolute atomic E-state index is 5.95. The summed E-state index contributed by atoms with van der Waals surface area (Å²) in [5.41, 5.74) is 27.9. The number of benzene rings is 3. The fourth-order valence-electron chi connectivity index (χ4n) is 3.44. The van der Waals surface area contributed by atoms with Crippen LogP contribution < -0.4 is 22.9 Å². The molecule has 0 atom stereocenters. The van der Waals surface area contributed by atoms with Crippen LogP contribution in [0.2, 0.25) is 0 Å². The SMILES string of the molecule is Nc1nc(N)c2cc(N=Cc3ccc(C=Nc4ccc5nc(N)nc(N)c5c4)cc3)ccc2n1. The molecule has 0 aliphatic heterocycles.